The number of amides is 1. The number of carbonyl (C=O) groups excluding carboxylic acids is 1. The van der Waals surface area contributed by atoms with Gasteiger partial charge in [0.15, 0.2) is 0 Å². The van der Waals surface area contributed by atoms with Crippen LogP contribution in [0.4, 0.5) is 0 Å². The highest BCUT2D eigenvalue weighted by molar-refractivity contribution is 5.95. The number of para-hydroxylation sites is 1. The Kier molecular flexibility index (Phi) is 6.57. The quantitative estimate of drug-likeness (QED) is 0.392. The van der Waals surface area contributed by atoms with E-state index in [9.17, 15) is 4.79 Å². The normalized spacial score (nSPS) is 15.7. The summed E-state index contributed by atoms with van der Waals surface area (Å²) in [5, 5.41) is 0. The van der Waals surface area contributed by atoms with E-state index in [0.29, 0.717) is 19.0 Å². The van der Waals surface area contributed by atoms with Gasteiger partial charge in [0.1, 0.15) is 11.6 Å². The monoisotopic (exact) mass is 467 g/mol. The van der Waals surface area contributed by atoms with Gasteiger partial charge >= 0.3 is 0 Å². The molecule has 1 aliphatic heterocycles. The minimum atomic E-state index is 0.0504. The molecule has 0 bridgehead atoms. The lowest BCUT2D eigenvalue weighted by Crippen LogP contribution is -2.40. The largest absolute Gasteiger partial charge is 0.439 e. The molecule has 35 heavy (non-hydrogen) atoms. The van der Waals surface area contributed by atoms with Gasteiger partial charge < -0.3 is 14.2 Å². The topological polar surface area (TPSA) is 73.1 Å². The number of piperidine rings is 1. The maximum Gasteiger partial charge on any atom is 0.254 e. The maximum absolute atomic E-state index is 13.6. The first-order valence-electron chi connectivity index (χ1n) is 12.0. The van der Waals surface area contributed by atoms with Gasteiger partial charge in [-0.3, -0.25) is 4.79 Å². The van der Waals surface area contributed by atoms with E-state index < -0.39 is 0 Å². The highest BCUT2D eigenvalue weighted by Gasteiger charge is 2.28. The number of imidazole rings is 1. The van der Waals surface area contributed by atoms with Crippen molar-refractivity contribution in [1.82, 2.24) is 24.4 Å². The Morgan fingerprint density at radius 3 is 2.74 bits per heavy atom. The van der Waals surface area contributed by atoms with Gasteiger partial charge in [0.05, 0.1) is 6.33 Å². The Labute approximate surface area is 205 Å². The molecule has 1 aliphatic rings. The molecule has 1 saturated heterocycles. The van der Waals surface area contributed by atoms with Crippen LogP contribution in [0.3, 0.4) is 0 Å². The van der Waals surface area contributed by atoms with Crippen LogP contribution in [0.25, 0.3) is 0 Å². The van der Waals surface area contributed by atoms with Crippen molar-refractivity contribution in [3.8, 4) is 11.6 Å². The summed E-state index contributed by atoms with van der Waals surface area (Å²) in [6.07, 6.45) is 7.27. The lowest BCUT2D eigenvalue weighted by molar-refractivity contribution is 0.0703. The van der Waals surface area contributed by atoms with Crippen LogP contribution in [0.1, 0.15) is 51.8 Å². The minimum absolute atomic E-state index is 0.0504. The van der Waals surface area contributed by atoms with Crippen LogP contribution in [0.15, 0.2) is 73.3 Å². The molecule has 0 saturated carbocycles. The maximum atomic E-state index is 13.6. The van der Waals surface area contributed by atoms with Crippen LogP contribution in [0.2, 0.25) is 0 Å². The van der Waals surface area contributed by atoms with Gasteiger partial charge in [-0.2, -0.15) is 4.98 Å². The molecule has 7 nitrogen and oxygen atoms in total. The van der Waals surface area contributed by atoms with Gasteiger partial charge in [-0.1, -0.05) is 36.4 Å². The fourth-order valence-corrected chi connectivity index (χ4v) is 4.57. The number of hydrogen-bond donors (Lipinski definition) is 0. The summed E-state index contributed by atoms with van der Waals surface area (Å²) in [6, 6.07) is 17.6. The van der Waals surface area contributed by atoms with Crippen LogP contribution in [0.5, 0.6) is 11.6 Å². The van der Waals surface area contributed by atoms with Crippen LogP contribution >= 0.6 is 0 Å². The van der Waals surface area contributed by atoms with Crippen molar-refractivity contribution in [1.29, 1.82) is 0 Å². The van der Waals surface area contributed by atoms with E-state index >= 15 is 0 Å². The summed E-state index contributed by atoms with van der Waals surface area (Å²) < 4.78 is 8.07. The summed E-state index contributed by atoms with van der Waals surface area (Å²) in [5.41, 5.74) is 3.62. The predicted molar refractivity (Wildman–Crippen MR) is 134 cm³/mol. The third-order valence-corrected chi connectivity index (χ3v) is 6.39. The zero-order valence-corrected chi connectivity index (χ0v) is 20.1. The van der Waals surface area contributed by atoms with E-state index in [1.54, 1.807) is 12.5 Å². The molecule has 0 aliphatic carbocycles. The second-order valence-electron chi connectivity index (χ2n) is 9.06. The molecule has 0 N–H and O–H groups in total. The Bertz CT molecular complexity index is 1320. The molecule has 178 valence electrons. The molecule has 0 radical (unpaired) electrons. The van der Waals surface area contributed by atoms with Crippen molar-refractivity contribution in [2.75, 3.05) is 13.1 Å². The lowest BCUT2D eigenvalue weighted by Gasteiger charge is -2.32. The van der Waals surface area contributed by atoms with E-state index in [1.165, 1.54) is 0 Å². The number of rotatable bonds is 6. The smallest absolute Gasteiger partial charge is 0.254 e. The van der Waals surface area contributed by atoms with Crippen LogP contribution in [0, 0.1) is 13.8 Å². The van der Waals surface area contributed by atoms with Crippen molar-refractivity contribution < 1.29 is 9.53 Å². The van der Waals surface area contributed by atoms with Crippen LogP contribution in [-0.2, 0) is 6.54 Å². The standard InChI is InChI=1S/C28H29N5O2/c1-20-8-3-6-12-25(20)35-26-16-21(2)30-27(31-26)23-10-7-14-33(18-23)28(34)24-11-5-4-9-22(24)17-32-15-13-29-19-32/h3-6,8-9,11-13,15-16,19,23H,7,10,14,17-18H2,1-2H3/t23-/m1/s1. The molecule has 2 aromatic carbocycles. The molecule has 5 rings (SSSR count). The second-order valence-corrected chi connectivity index (χ2v) is 9.06. The van der Waals surface area contributed by atoms with Crippen molar-refractivity contribution >= 4 is 5.91 Å². The summed E-state index contributed by atoms with van der Waals surface area (Å²) in [4.78, 5) is 29.1. The van der Waals surface area contributed by atoms with E-state index in [2.05, 4.69) is 4.98 Å². The van der Waals surface area contributed by atoms with Gasteiger partial charge in [0.2, 0.25) is 5.88 Å². The third kappa shape index (κ3) is 5.24. The van der Waals surface area contributed by atoms with E-state index in [-0.39, 0.29) is 11.8 Å². The minimum Gasteiger partial charge on any atom is -0.439 e. The second kappa shape index (κ2) is 10.1. The van der Waals surface area contributed by atoms with Gasteiger partial charge in [-0.25, -0.2) is 9.97 Å². The Morgan fingerprint density at radius 2 is 1.91 bits per heavy atom. The van der Waals surface area contributed by atoms with Gasteiger partial charge in [0.25, 0.3) is 5.91 Å². The molecule has 7 heteroatoms. The Morgan fingerprint density at radius 1 is 1.09 bits per heavy atom. The molecule has 1 amide bonds. The summed E-state index contributed by atoms with van der Waals surface area (Å²) in [5.74, 6) is 2.17. The Balaban J connectivity index is 1.35. The molecule has 2 aromatic heterocycles. The zero-order valence-electron chi connectivity index (χ0n) is 20.1. The number of aryl methyl sites for hydroxylation is 2. The van der Waals surface area contributed by atoms with E-state index in [4.69, 9.17) is 14.7 Å². The summed E-state index contributed by atoms with van der Waals surface area (Å²) >= 11 is 0. The molecule has 1 atom stereocenters. The Hall–Kier alpha value is -4.00. The van der Waals surface area contributed by atoms with E-state index in [0.717, 1.165) is 53.3 Å². The number of nitrogens with zero attached hydrogens (tertiary/aromatic N) is 5. The van der Waals surface area contributed by atoms with Gasteiger partial charge in [-0.05, 0) is 49.9 Å². The summed E-state index contributed by atoms with van der Waals surface area (Å²) in [6.45, 7) is 5.89. The first-order valence-corrected chi connectivity index (χ1v) is 12.0. The molecular weight excluding hydrogens is 438 g/mol. The van der Waals surface area contributed by atoms with Crippen molar-refractivity contribution in [2.45, 2.75) is 39.2 Å². The average molecular weight is 468 g/mol. The first kappa shape index (κ1) is 22.8. The summed E-state index contributed by atoms with van der Waals surface area (Å²) in [7, 11) is 0. The fourth-order valence-electron chi connectivity index (χ4n) is 4.57. The number of aromatic nitrogens is 4. The number of ether oxygens (including phenoxy) is 1. The van der Waals surface area contributed by atoms with Gasteiger partial charge in [0, 0.05) is 55.3 Å². The highest BCUT2D eigenvalue weighted by atomic mass is 16.5. The fraction of sp³-hybridized carbons (Fsp3) is 0.286. The number of likely N-dealkylation sites (tertiary alicyclic amines) is 1. The highest BCUT2D eigenvalue weighted by Crippen LogP contribution is 2.29. The SMILES string of the molecule is Cc1cc(Oc2ccccc2C)nc([C@@H]2CCCN(C(=O)c3ccccc3Cn3ccnc3)C2)n1. The molecule has 1 fully saturated rings. The molecule has 0 spiro atoms. The van der Waals surface area contributed by atoms with Gasteiger partial charge in [-0.15, -0.1) is 0 Å². The number of carbonyl (C=O) groups is 1. The van der Waals surface area contributed by atoms with Crippen molar-refractivity contribution in [3.63, 3.8) is 0 Å². The van der Waals surface area contributed by atoms with Crippen molar-refractivity contribution in [2.24, 2.45) is 0 Å². The third-order valence-electron chi connectivity index (χ3n) is 6.39. The number of hydrogen-bond acceptors (Lipinski definition) is 5. The van der Waals surface area contributed by atoms with Crippen LogP contribution in [-0.4, -0.2) is 43.4 Å². The first-order chi connectivity index (χ1) is 17.1. The van der Waals surface area contributed by atoms with Crippen molar-refractivity contribution in [3.05, 3.63) is 102 Å². The molecule has 0 unspecified atom stereocenters. The number of benzene rings is 2. The lowest BCUT2D eigenvalue weighted by atomic mass is 9.95. The molecule has 4 aromatic rings. The van der Waals surface area contributed by atoms with E-state index in [1.807, 2.05) is 84.1 Å². The average Bonchev–Trinajstić information content (AvgIpc) is 3.38. The predicted octanol–water partition coefficient (Wildman–Crippen LogP) is 5.15. The van der Waals surface area contributed by atoms with Crippen LogP contribution < -0.4 is 4.74 Å². The molecular formula is C28H29N5O2. The zero-order chi connectivity index (χ0) is 24.2. The molecule has 3 heterocycles.